The van der Waals surface area contributed by atoms with Gasteiger partial charge < -0.3 is 10.2 Å². The smallest absolute Gasteiger partial charge is 0.128 e. The van der Waals surface area contributed by atoms with Crippen molar-refractivity contribution >= 4 is 17.4 Å². The molecule has 1 aliphatic heterocycles. The molecule has 0 aliphatic carbocycles. The molecule has 2 rings (SSSR count). The molecule has 112 valence electrons. The molecule has 1 unspecified atom stereocenters. The third kappa shape index (κ3) is 4.10. The van der Waals surface area contributed by atoms with Crippen molar-refractivity contribution in [3.8, 4) is 0 Å². The van der Waals surface area contributed by atoms with Crippen LogP contribution in [0.3, 0.4) is 0 Å². The normalized spacial score (nSPS) is 19.6. The van der Waals surface area contributed by atoms with Crippen LogP contribution >= 0.6 is 11.6 Å². The van der Waals surface area contributed by atoms with E-state index in [4.69, 9.17) is 16.6 Å². The Morgan fingerprint density at radius 3 is 2.75 bits per heavy atom. The Morgan fingerprint density at radius 1 is 1.40 bits per heavy atom. The molecule has 1 aromatic heterocycles. The standard InChI is InChI=1S/C16H26ClN3/c1-5-12-8-9-20(11-12)15-7-6-13(17)14(19-15)10-18-16(2,3)4/h6-7,12,18H,5,8-11H2,1-4H3. The van der Waals surface area contributed by atoms with Gasteiger partial charge in [-0.25, -0.2) is 4.98 Å². The Bertz CT molecular complexity index is 454. The molecule has 0 bridgehead atoms. The molecule has 20 heavy (non-hydrogen) atoms. The predicted octanol–water partition coefficient (Wildman–Crippen LogP) is 3.86. The van der Waals surface area contributed by atoms with Gasteiger partial charge in [0, 0.05) is 25.2 Å². The summed E-state index contributed by atoms with van der Waals surface area (Å²) in [5.74, 6) is 1.87. The molecular formula is C16H26ClN3. The topological polar surface area (TPSA) is 28.2 Å². The van der Waals surface area contributed by atoms with Gasteiger partial charge >= 0.3 is 0 Å². The molecular weight excluding hydrogens is 270 g/mol. The lowest BCUT2D eigenvalue weighted by Crippen LogP contribution is -2.35. The molecule has 0 aromatic carbocycles. The number of nitrogens with zero attached hydrogens (tertiary/aromatic N) is 2. The maximum atomic E-state index is 6.27. The number of halogens is 1. The summed E-state index contributed by atoms with van der Waals surface area (Å²) in [6.45, 7) is 11.7. The zero-order valence-corrected chi connectivity index (χ0v) is 13.8. The highest BCUT2D eigenvalue weighted by Crippen LogP contribution is 2.26. The van der Waals surface area contributed by atoms with Crippen LogP contribution in [0.2, 0.25) is 5.02 Å². The van der Waals surface area contributed by atoms with E-state index in [2.05, 4.69) is 37.9 Å². The number of nitrogens with one attached hydrogen (secondary N) is 1. The van der Waals surface area contributed by atoms with Gasteiger partial charge in [-0.3, -0.25) is 0 Å². The molecule has 0 amide bonds. The first-order valence-electron chi connectivity index (χ1n) is 7.54. The minimum Gasteiger partial charge on any atom is -0.356 e. The fourth-order valence-electron chi connectivity index (χ4n) is 2.50. The number of anilines is 1. The third-order valence-electron chi connectivity index (χ3n) is 3.88. The Labute approximate surface area is 127 Å². The highest BCUT2D eigenvalue weighted by Gasteiger charge is 2.22. The molecule has 1 fully saturated rings. The number of rotatable bonds is 4. The zero-order chi connectivity index (χ0) is 14.8. The molecule has 4 heteroatoms. The number of aromatic nitrogens is 1. The Balaban J connectivity index is 2.08. The predicted molar refractivity (Wildman–Crippen MR) is 86.5 cm³/mol. The van der Waals surface area contributed by atoms with Crippen molar-refractivity contribution in [2.45, 2.75) is 52.6 Å². The third-order valence-corrected chi connectivity index (χ3v) is 4.22. The molecule has 2 heterocycles. The Kier molecular flexibility index (Phi) is 4.92. The maximum Gasteiger partial charge on any atom is 0.128 e. The van der Waals surface area contributed by atoms with E-state index in [-0.39, 0.29) is 5.54 Å². The highest BCUT2D eigenvalue weighted by atomic mass is 35.5. The average molecular weight is 296 g/mol. The van der Waals surface area contributed by atoms with Crippen LogP contribution in [-0.4, -0.2) is 23.6 Å². The average Bonchev–Trinajstić information content (AvgIpc) is 2.85. The second-order valence-electron chi connectivity index (χ2n) is 6.71. The summed E-state index contributed by atoms with van der Waals surface area (Å²) in [4.78, 5) is 7.14. The van der Waals surface area contributed by atoms with E-state index in [9.17, 15) is 0 Å². The van der Waals surface area contributed by atoms with Crippen molar-refractivity contribution in [3.05, 3.63) is 22.8 Å². The molecule has 1 atom stereocenters. The van der Waals surface area contributed by atoms with Crippen molar-refractivity contribution in [3.63, 3.8) is 0 Å². The summed E-state index contributed by atoms with van der Waals surface area (Å²) in [6, 6.07) is 4.02. The van der Waals surface area contributed by atoms with Gasteiger partial charge in [-0.05, 0) is 45.2 Å². The monoisotopic (exact) mass is 295 g/mol. The van der Waals surface area contributed by atoms with E-state index >= 15 is 0 Å². The number of pyridine rings is 1. The van der Waals surface area contributed by atoms with Crippen LogP contribution in [0.25, 0.3) is 0 Å². The second kappa shape index (κ2) is 6.31. The van der Waals surface area contributed by atoms with E-state index in [0.29, 0.717) is 6.54 Å². The van der Waals surface area contributed by atoms with Crippen molar-refractivity contribution in [2.24, 2.45) is 5.92 Å². The summed E-state index contributed by atoms with van der Waals surface area (Å²) in [7, 11) is 0. The molecule has 0 saturated carbocycles. The minimum atomic E-state index is 0.0714. The molecule has 0 spiro atoms. The van der Waals surface area contributed by atoms with E-state index in [1.54, 1.807) is 0 Å². The van der Waals surface area contributed by atoms with Gasteiger partial charge in [0.2, 0.25) is 0 Å². The van der Waals surface area contributed by atoms with Gasteiger partial charge in [0.05, 0.1) is 10.7 Å². The quantitative estimate of drug-likeness (QED) is 0.914. The Morgan fingerprint density at radius 2 is 2.15 bits per heavy atom. The minimum absolute atomic E-state index is 0.0714. The molecule has 3 nitrogen and oxygen atoms in total. The first kappa shape index (κ1) is 15.6. The van der Waals surface area contributed by atoms with E-state index in [0.717, 1.165) is 35.5 Å². The maximum absolute atomic E-state index is 6.27. The van der Waals surface area contributed by atoms with Crippen molar-refractivity contribution in [1.82, 2.24) is 10.3 Å². The largest absolute Gasteiger partial charge is 0.356 e. The lowest BCUT2D eigenvalue weighted by Gasteiger charge is -2.22. The summed E-state index contributed by atoms with van der Waals surface area (Å²) in [6.07, 6.45) is 2.53. The van der Waals surface area contributed by atoms with Crippen LogP contribution < -0.4 is 10.2 Å². The second-order valence-corrected chi connectivity index (χ2v) is 7.12. The fraction of sp³-hybridized carbons (Fsp3) is 0.688. The summed E-state index contributed by atoms with van der Waals surface area (Å²) in [5, 5.41) is 4.20. The number of hydrogen-bond donors (Lipinski definition) is 1. The van der Waals surface area contributed by atoms with Gasteiger partial charge in [0.15, 0.2) is 0 Å². The van der Waals surface area contributed by atoms with Gasteiger partial charge in [0.25, 0.3) is 0 Å². The first-order chi connectivity index (χ1) is 9.39. The van der Waals surface area contributed by atoms with Crippen molar-refractivity contribution < 1.29 is 0 Å². The van der Waals surface area contributed by atoms with E-state index < -0.39 is 0 Å². The van der Waals surface area contributed by atoms with Crippen LogP contribution in [0, 0.1) is 5.92 Å². The Hall–Kier alpha value is -0.800. The summed E-state index contributed by atoms with van der Waals surface area (Å²) in [5.41, 5.74) is 1.01. The zero-order valence-electron chi connectivity index (χ0n) is 13.0. The van der Waals surface area contributed by atoms with Crippen LogP contribution in [-0.2, 0) is 6.54 Å². The van der Waals surface area contributed by atoms with Gasteiger partial charge in [0.1, 0.15) is 5.82 Å². The van der Waals surface area contributed by atoms with Crippen molar-refractivity contribution in [1.29, 1.82) is 0 Å². The van der Waals surface area contributed by atoms with E-state index in [1.165, 1.54) is 12.8 Å². The lowest BCUT2D eigenvalue weighted by molar-refractivity contribution is 0.421. The van der Waals surface area contributed by atoms with Crippen LogP contribution in [0.5, 0.6) is 0 Å². The van der Waals surface area contributed by atoms with E-state index in [1.807, 2.05) is 12.1 Å². The van der Waals surface area contributed by atoms with Crippen molar-refractivity contribution in [2.75, 3.05) is 18.0 Å². The van der Waals surface area contributed by atoms with Gasteiger partial charge in [-0.2, -0.15) is 0 Å². The molecule has 1 N–H and O–H groups in total. The van der Waals surface area contributed by atoms with Gasteiger partial charge in [-0.15, -0.1) is 0 Å². The van der Waals surface area contributed by atoms with Crippen LogP contribution in [0.15, 0.2) is 12.1 Å². The lowest BCUT2D eigenvalue weighted by atomic mass is 10.1. The summed E-state index contributed by atoms with van der Waals surface area (Å²) < 4.78 is 0. The molecule has 1 aromatic rings. The SMILES string of the molecule is CCC1CCN(c2ccc(Cl)c(CNC(C)(C)C)n2)C1. The van der Waals surface area contributed by atoms with Crippen LogP contribution in [0.1, 0.15) is 46.2 Å². The number of hydrogen-bond acceptors (Lipinski definition) is 3. The highest BCUT2D eigenvalue weighted by molar-refractivity contribution is 6.31. The van der Waals surface area contributed by atoms with Gasteiger partial charge in [-0.1, -0.05) is 24.9 Å². The fourth-order valence-corrected chi connectivity index (χ4v) is 2.67. The molecule has 0 radical (unpaired) electrons. The molecule has 1 saturated heterocycles. The first-order valence-corrected chi connectivity index (χ1v) is 7.92. The van der Waals surface area contributed by atoms with Crippen LogP contribution in [0.4, 0.5) is 5.82 Å². The molecule has 1 aliphatic rings. The summed E-state index contributed by atoms with van der Waals surface area (Å²) >= 11 is 6.27.